The maximum absolute atomic E-state index is 12.3. The molecule has 6 nitrogen and oxygen atoms in total. The van der Waals surface area contributed by atoms with Gasteiger partial charge in [-0.1, -0.05) is 24.4 Å². The molecule has 0 spiro atoms. The topological polar surface area (TPSA) is 89.3 Å². The van der Waals surface area contributed by atoms with Crippen molar-refractivity contribution in [2.75, 3.05) is 0 Å². The molecule has 0 aromatic heterocycles. The largest absolute Gasteiger partial charge is 0.289 e. The number of hydrogen-bond acceptors (Lipinski definition) is 4. The third-order valence-electron chi connectivity index (χ3n) is 3.87. The van der Waals surface area contributed by atoms with Crippen molar-refractivity contribution in [1.82, 2.24) is 4.72 Å². The lowest BCUT2D eigenvalue weighted by Gasteiger charge is -2.20. The van der Waals surface area contributed by atoms with Gasteiger partial charge >= 0.3 is 0 Å². The number of hydrogen-bond donors (Lipinski definition) is 1. The summed E-state index contributed by atoms with van der Waals surface area (Å²) in [5.41, 5.74) is -0.409. The summed E-state index contributed by atoms with van der Waals surface area (Å²) in [6.45, 7) is 1.83. The molecule has 2 rings (SSSR count). The monoisotopic (exact) mass is 332 g/mol. The average Bonchev–Trinajstić information content (AvgIpc) is 2.92. The van der Waals surface area contributed by atoms with Gasteiger partial charge in [0.2, 0.25) is 10.0 Å². The molecule has 8 heteroatoms. The maximum atomic E-state index is 12.3. The van der Waals surface area contributed by atoms with Crippen LogP contribution in [0, 0.1) is 16.0 Å². The molecule has 0 amide bonds. The minimum atomic E-state index is -3.78. The Morgan fingerprint density at radius 1 is 1.38 bits per heavy atom. The molecule has 21 heavy (non-hydrogen) atoms. The van der Waals surface area contributed by atoms with Crippen LogP contribution in [0.5, 0.6) is 0 Å². The summed E-state index contributed by atoms with van der Waals surface area (Å²) in [5.74, 6) is 0.321. The summed E-state index contributed by atoms with van der Waals surface area (Å²) in [6, 6.07) is 3.31. The fourth-order valence-electron chi connectivity index (χ4n) is 2.67. The molecular weight excluding hydrogens is 316 g/mol. The molecule has 1 unspecified atom stereocenters. The zero-order valence-electron chi connectivity index (χ0n) is 11.6. The van der Waals surface area contributed by atoms with Gasteiger partial charge in [-0.25, -0.2) is 13.1 Å². The van der Waals surface area contributed by atoms with Gasteiger partial charge in [-0.05, 0) is 37.8 Å². The third-order valence-corrected chi connectivity index (χ3v) is 5.75. The first-order valence-electron chi connectivity index (χ1n) is 6.77. The summed E-state index contributed by atoms with van der Waals surface area (Å²) >= 11 is 5.69. The predicted molar refractivity (Wildman–Crippen MR) is 79.8 cm³/mol. The van der Waals surface area contributed by atoms with Crippen molar-refractivity contribution >= 4 is 27.3 Å². The Morgan fingerprint density at radius 3 is 2.57 bits per heavy atom. The van der Waals surface area contributed by atoms with E-state index in [1.54, 1.807) is 0 Å². The fourth-order valence-corrected chi connectivity index (χ4v) is 4.18. The SMILES string of the molecule is CC(NS(=O)(=O)c1ccc(Cl)c([N+](=O)[O-])c1)C1CCCC1. The van der Waals surface area contributed by atoms with Crippen molar-refractivity contribution < 1.29 is 13.3 Å². The molecule has 0 radical (unpaired) electrons. The minimum Gasteiger partial charge on any atom is -0.258 e. The second-order valence-electron chi connectivity index (χ2n) is 5.32. The highest BCUT2D eigenvalue weighted by Gasteiger charge is 2.27. The zero-order chi connectivity index (χ0) is 15.6. The van der Waals surface area contributed by atoms with Crippen LogP contribution in [-0.4, -0.2) is 19.4 Å². The number of sulfonamides is 1. The van der Waals surface area contributed by atoms with Crippen LogP contribution in [0.1, 0.15) is 32.6 Å². The molecule has 0 bridgehead atoms. The Hall–Kier alpha value is -1.18. The Kier molecular flexibility index (Phi) is 4.85. The van der Waals surface area contributed by atoms with Gasteiger partial charge in [-0.15, -0.1) is 0 Å². The van der Waals surface area contributed by atoms with E-state index in [2.05, 4.69) is 4.72 Å². The van der Waals surface area contributed by atoms with E-state index in [0.29, 0.717) is 5.92 Å². The molecule has 1 aliphatic rings. The van der Waals surface area contributed by atoms with Crippen LogP contribution in [0.15, 0.2) is 23.1 Å². The molecule has 1 aromatic carbocycles. The molecule has 1 saturated carbocycles. The van der Waals surface area contributed by atoms with Crippen molar-refractivity contribution in [1.29, 1.82) is 0 Å². The first-order valence-corrected chi connectivity index (χ1v) is 8.63. The van der Waals surface area contributed by atoms with Crippen LogP contribution >= 0.6 is 11.6 Å². The predicted octanol–water partition coefficient (Wildman–Crippen LogP) is 3.11. The summed E-state index contributed by atoms with van der Waals surface area (Å²) in [7, 11) is -3.78. The molecule has 0 heterocycles. The molecule has 116 valence electrons. The van der Waals surface area contributed by atoms with Gasteiger partial charge in [0.1, 0.15) is 5.02 Å². The van der Waals surface area contributed by atoms with Crippen molar-refractivity contribution in [3.05, 3.63) is 33.3 Å². The second kappa shape index (κ2) is 6.29. The minimum absolute atomic E-state index is 0.0807. The lowest BCUT2D eigenvalue weighted by atomic mass is 10.0. The van der Waals surface area contributed by atoms with Gasteiger partial charge < -0.3 is 0 Å². The van der Waals surface area contributed by atoms with Crippen LogP contribution in [0.25, 0.3) is 0 Å². The van der Waals surface area contributed by atoms with Crippen LogP contribution in [-0.2, 0) is 10.0 Å². The number of nitrogens with zero attached hydrogens (tertiary/aromatic N) is 1. The average molecular weight is 333 g/mol. The Bertz CT molecular complexity index is 642. The van der Waals surface area contributed by atoms with Crippen LogP contribution in [0.3, 0.4) is 0 Å². The van der Waals surface area contributed by atoms with E-state index in [4.69, 9.17) is 11.6 Å². The van der Waals surface area contributed by atoms with Gasteiger partial charge in [-0.2, -0.15) is 0 Å². The molecule has 1 N–H and O–H groups in total. The molecule has 1 aliphatic carbocycles. The highest BCUT2D eigenvalue weighted by molar-refractivity contribution is 7.89. The highest BCUT2D eigenvalue weighted by Crippen LogP contribution is 2.30. The summed E-state index contributed by atoms with van der Waals surface area (Å²) in [4.78, 5) is 10.0. The van der Waals surface area contributed by atoms with Gasteiger partial charge in [0.15, 0.2) is 0 Å². The van der Waals surface area contributed by atoms with Crippen LogP contribution < -0.4 is 4.72 Å². The van der Waals surface area contributed by atoms with E-state index in [0.717, 1.165) is 31.7 Å². The standard InChI is InChI=1S/C13H17ClN2O4S/c1-9(10-4-2-3-5-10)15-21(19,20)11-6-7-12(14)13(8-11)16(17)18/h6-10,15H,2-5H2,1H3. The quantitative estimate of drug-likeness (QED) is 0.662. The van der Waals surface area contributed by atoms with E-state index < -0.39 is 20.6 Å². The van der Waals surface area contributed by atoms with E-state index in [1.165, 1.54) is 12.1 Å². The Balaban J connectivity index is 2.23. The number of nitro groups is 1. The highest BCUT2D eigenvalue weighted by atomic mass is 35.5. The summed E-state index contributed by atoms with van der Waals surface area (Å²) in [6.07, 6.45) is 4.24. The van der Waals surface area contributed by atoms with Crippen molar-refractivity contribution in [2.24, 2.45) is 5.92 Å². The lowest BCUT2D eigenvalue weighted by molar-refractivity contribution is -0.384. The Morgan fingerprint density at radius 2 is 2.00 bits per heavy atom. The zero-order valence-corrected chi connectivity index (χ0v) is 13.2. The molecule has 0 aliphatic heterocycles. The van der Waals surface area contributed by atoms with Crippen LogP contribution in [0.4, 0.5) is 5.69 Å². The van der Waals surface area contributed by atoms with E-state index in [1.807, 2.05) is 6.92 Å². The molecular formula is C13H17ClN2O4S. The van der Waals surface area contributed by atoms with Gasteiger partial charge in [0.25, 0.3) is 5.69 Å². The number of halogens is 1. The third kappa shape index (κ3) is 3.72. The van der Waals surface area contributed by atoms with Crippen molar-refractivity contribution in [3.8, 4) is 0 Å². The fraction of sp³-hybridized carbons (Fsp3) is 0.538. The number of nitro benzene ring substituents is 1. The van der Waals surface area contributed by atoms with Crippen molar-refractivity contribution in [3.63, 3.8) is 0 Å². The number of nitrogens with one attached hydrogen (secondary N) is 1. The van der Waals surface area contributed by atoms with Crippen LogP contribution in [0.2, 0.25) is 5.02 Å². The first-order chi connectivity index (χ1) is 9.81. The molecule has 1 atom stereocenters. The van der Waals surface area contributed by atoms with E-state index >= 15 is 0 Å². The van der Waals surface area contributed by atoms with Crippen molar-refractivity contribution in [2.45, 2.75) is 43.5 Å². The molecule has 1 fully saturated rings. The van der Waals surface area contributed by atoms with E-state index in [-0.39, 0.29) is 16.0 Å². The van der Waals surface area contributed by atoms with Gasteiger partial charge in [0.05, 0.1) is 9.82 Å². The second-order valence-corrected chi connectivity index (χ2v) is 7.45. The molecule has 0 saturated heterocycles. The molecule has 1 aromatic rings. The summed E-state index contributed by atoms with van der Waals surface area (Å²) in [5, 5.41) is 10.8. The lowest BCUT2D eigenvalue weighted by Crippen LogP contribution is -2.37. The normalized spacial score (nSPS) is 17.8. The smallest absolute Gasteiger partial charge is 0.258 e. The Labute approximate surface area is 128 Å². The summed E-state index contributed by atoms with van der Waals surface area (Å²) < 4.78 is 27.2. The first kappa shape index (κ1) is 16.2. The van der Waals surface area contributed by atoms with Gasteiger partial charge in [0, 0.05) is 12.1 Å². The van der Waals surface area contributed by atoms with Gasteiger partial charge in [-0.3, -0.25) is 10.1 Å². The van der Waals surface area contributed by atoms with E-state index in [9.17, 15) is 18.5 Å². The maximum Gasteiger partial charge on any atom is 0.289 e. The number of rotatable bonds is 5. The number of benzene rings is 1.